The molecular weight excluding hydrogens is 713 g/mol. The number of nitrogens with zero attached hydrogens (tertiary/aromatic N) is 2. The highest BCUT2D eigenvalue weighted by molar-refractivity contribution is 6.09. The second-order valence-electron chi connectivity index (χ2n) is 19.1. The Balaban J connectivity index is 0.974. The summed E-state index contributed by atoms with van der Waals surface area (Å²) in [6.45, 7) is 0. The second kappa shape index (κ2) is 11.9. The predicted molar refractivity (Wildman–Crippen MR) is 243 cm³/mol. The van der Waals surface area contributed by atoms with Crippen molar-refractivity contribution in [3.63, 3.8) is 0 Å². The molecule has 8 aromatic rings. The monoisotopic (exact) mass is 760 g/mol. The van der Waals surface area contributed by atoms with Gasteiger partial charge in [0, 0.05) is 44.4 Å². The van der Waals surface area contributed by atoms with E-state index in [0.717, 1.165) is 23.7 Å². The molecule has 5 unspecified atom stereocenters. The van der Waals surface area contributed by atoms with Gasteiger partial charge in [0.05, 0.1) is 11.0 Å². The average Bonchev–Trinajstić information content (AvgIpc) is 4.10. The Morgan fingerprint density at radius 2 is 0.983 bits per heavy atom. The molecule has 14 rings (SSSR count). The zero-order chi connectivity index (χ0) is 38.5. The molecule has 1 heterocycles. The van der Waals surface area contributed by atoms with Gasteiger partial charge in [-0.2, -0.15) is 0 Å². The van der Waals surface area contributed by atoms with Crippen molar-refractivity contribution in [3.05, 3.63) is 180 Å². The second-order valence-corrected chi connectivity index (χ2v) is 19.1. The van der Waals surface area contributed by atoms with Gasteiger partial charge in [0.25, 0.3) is 0 Å². The summed E-state index contributed by atoms with van der Waals surface area (Å²) in [4.78, 5) is 2.61. The fraction of sp³-hybridized carbons (Fsp3) is 0.263. The first-order chi connectivity index (χ1) is 29.2. The third-order valence-electron chi connectivity index (χ3n) is 16.9. The number of anilines is 3. The van der Waals surface area contributed by atoms with Crippen molar-refractivity contribution in [2.45, 2.75) is 68.6 Å². The van der Waals surface area contributed by atoms with Gasteiger partial charge in [0.1, 0.15) is 0 Å². The number of fused-ring (bicyclic) bond motifs is 17. The summed E-state index contributed by atoms with van der Waals surface area (Å²) in [6.07, 6.45) is 12.1. The molecule has 7 aromatic carbocycles. The quantitative estimate of drug-likeness (QED) is 0.173. The number of aromatic nitrogens is 1. The normalized spacial score (nSPS) is 24.9. The van der Waals surface area contributed by atoms with E-state index in [2.05, 4.69) is 167 Å². The van der Waals surface area contributed by atoms with Crippen molar-refractivity contribution in [1.82, 2.24) is 4.57 Å². The topological polar surface area (TPSA) is 8.17 Å². The maximum absolute atomic E-state index is 2.68. The van der Waals surface area contributed by atoms with Crippen LogP contribution in [-0.4, -0.2) is 4.57 Å². The van der Waals surface area contributed by atoms with Gasteiger partial charge in [-0.3, -0.25) is 0 Å². The smallest absolute Gasteiger partial charge is 0.0541 e. The lowest BCUT2D eigenvalue weighted by Crippen LogP contribution is -2.45. The minimum atomic E-state index is 0.109. The van der Waals surface area contributed by atoms with E-state index in [9.17, 15) is 0 Å². The van der Waals surface area contributed by atoms with Gasteiger partial charge in [-0.15, -0.1) is 0 Å². The highest BCUT2D eigenvalue weighted by Gasteiger charge is 2.62. The molecule has 6 aliphatic rings. The van der Waals surface area contributed by atoms with E-state index >= 15 is 0 Å². The summed E-state index contributed by atoms with van der Waals surface area (Å²) in [5.41, 5.74) is 19.8. The first-order valence-electron chi connectivity index (χ1n) is 22.6. The molecule has 0 aliphatic heterocycles. The van der Waals surface area contributed by atoms with Gasteiger partial charge in [-0.05, 0) is 174 Å². The van der Waals surface area contributed by atoms with E-state index in [1.807, 2.05) is 0 Å². The van der Waals surface area contributed by atoms with Crippen LogP contribution >= 0.6 is 0 Å². The SMILES string of the molecule is c1ccc2c(c1)-c1ccc(N(c3ccc(-n4c5ccccc5c5ccccc54)cc3)c3ccc4c(c3)C3(c5ccccc5-4)C4CCC5CC3CC5C4)cc1C21CCCC1. The van der Waals surface area contributed by atoms with E-state index in [1.54, 1.807) is 16.7 Å². The molecular formula is C57H48N2. The number of para-hydroxylation sites is 2. The fourth-order valence-corrected chi connectivity index (χ4v) is 14.7. The zero-order valence-electron chi connectivity index (χ0n) is 33.6. The molecule has 3 bridgehead atoms. The first-order valence-corrected chi connectivity index (χ1v) is 22.6. The minimum absolute atomic E-state index is 0.109. The van der Waals surface area contributed by atoms with E-state index in [-0.39, 0.29) is 10.8 Å². The minimum Gasteiger partial charge on any atom is -0.310 e. The molecule has 286 valence electrons. The van der Waals surface area contributed by atoms with Crippen molar-refractivity contribution < 1.29 is 0 Å². The standard InChI is InChI=1S/C57H48N2/c1-5-15-50-44(11-1)46-27-25-42(34-52(46)56(50)29-9-10-30-56)58(40-21-23-41(24-22-40)59-54-17-7-3-13-48(54)49-14-4-8-18-55(49)59)43-26-28-47-45-12-2-6-16-51(45)57(53(47)35-43)38-20-19-36-31-39(57)33-37(36)32-38/h1-8,11-18,21-28,34-39H,9-10,19-20,29-33H2. The van der Waals surface area contributed by atoms with E-state index in [0.29, 0.717) is 0 Å². The number of hydrogen-bond acceptors (Lipinski definition) is 1. The largest absolute Gasteiger partial charge is 0.310 e. The third-order valence-corrected chi connectivity index (χ3v) is 16.9. The van der Waals surface area contributed by atoms with Crippen molar-refractivity contribution in [2.24, 2.45) is 23.7 Å². The van der Waals surface area contributed by atoms with Crippen LogP contribution in [-0.2, 0) is 10.8 Å². The summed E-state index contributed by atoms with van der Waals surface area (Å²) in [5.74, 6) is 3.32. The van der Waals surface area contributed by atoms with Crippen LogP contribution in [0, 0.1) is 23.7 Å². The Morgan fingerprint density at radius 1 is 0.441 bits per heavy atom. The van der Waals surface area contributed by atoms with Gasteiger partial charge in [-0.1, -0.05) is 110 Å². The van der Waals surface area contributed by atoms with Gasteiger partial charge < -0.3 is 9.47 Å². The highest BCUT2D eigenvalue weighted by Crippen LogP contribution is 2.70. The number of hydrogen-bond donors (Lipinski definition) is 0. The Hall–Kier alpha value is -5.86. The van der Waals surface area contributed by atoms with Gasteiger partial charge >= 0.3 is 0 Å². The summed E-state index contributed by atoms with van der Waals surface area (Å²) in [5, 5.41) is 2.60. The Kier molecular flexibility index (Phi) is 6.65. The predicted octanol–water partition coefficient (Wildman–Crippen LogP) is 14.8. The molecule has 2 nitrogen and oxygen atoms in total. The summed E-state index contributed by atoms with van der Waals surface area (Å²) in [7, 11) is 0. The molecule has 0 radical (unpaired) electrons. The molecule has 4 saturated carbocycles. The van der Waals surface area contributed by atoms with Crippen molar-refractivity contribution in [1.29, 1.82) is 0 Å². The Bertz CT molecular complexity index is 2970. The van der Waals surface area contributed by atoms with Gasteiger partial charge in [0.15, 0.2) is 0 Å². The maximum atomic E-state index is 2.68. The van der Waals surface area contributed by atoms with Crippen molar-refractivity contribution in [3.8, 4) is 27.9 Å². The number of rotatable bonds is 4. The fourth-order valence-electron chi connectivity index (χ4n) is 14.7. The Labute approximate surface area is 347 Å². The molecule has 6 aliphatic carbocycles. The lowest BCUT2D eigenvalue weighted by molar-refractivity contribution is 0.106. The zero-order valence-corrected chi connectivity index (χ0v) is 33.6. The highest BCUT2D eigenvalue weighted by atomic mass is 15.1. The third kappa shape index (κ3) is 4.22. The number of benzene rings is 7. The molecule has 59 heavy (non-hydrogen) atoms. The molecule has 5 atom stereocenters. The first kappa shape index (κ1) is 33.0. The lowest BCUT2D eigenvalue weighted by atomic mass is 9.54. The molecule has 2 heteroatoms. The molecule has 4 fully saturated rings. The van der Waals surface area contributed by atoms with E-state index < -0.39 is 0 Å². The lowest BCUT2D eigenvalue weighted by Gasteiger charge is -2.49. The van der Waals surface area contributed by atoms with Gasteiger partial charge in [-0.25, -0.2) is 0 Å². The van der Waals surface area contributed by atoms with Crippen LogP contribution in [0.15, 0.2) is 158 Å². The molecule has 0 N–H and O–H groups in total. The van der Waals surface area contributed by atoms with Crippen LogP contribution in [0.3, 0.4) is 0 Å². The van der Waals surface area contributed by atoms with Crippen LogP contribution in [0.4, 0.5) is 17.1 Å². The van der Waals surface area contributed by atoms with Crippen molar-refractivity contribution >= 4 is 38.9 Å². The van der Waals surface area contributed by atoms with Crippen LogP contribution in [0.25, 0.3) is 49.7 Å². The summed E-state index contributed by atoms with van der Waals surface area (Å²) < 4.78 is 2.44. The van der Waals surface area contributed by atoms with Crippen molar-refractivity contribution in [2.75, 3.05) is 4.90 Å². The molecule has 2 spiro atoms. The van der Waals surface area contributed by atoms with Crippen LogP contribution in [0.2, 0.25) is 0 Å². The van der Waals surface area contributed by atoms with Crippen LogP contribution < -0.4 is 4.90 Å². The maximum Gasteiger partial charge on any atom is 0.0541 e. The Morgan fingerprint density at radius 3 is 1.71 bits per heavy atom. The molecule has 0 saturated heterocycles. The average molecular weight is 761 g/mol. The molecule has 1 aromatic heterocycles. The van der Waals surface area contributed by atoms with Crippen LogP contribution in [0.1, 0.15) is 80.0 Å². The van der Waals surface area contributed by atoms with E-state index in [1.165, 1.54) is 130 Å². The van der Waals surface area contributed by atoms with E-state index in [4.69, 9.17) is 0 Å². The summed E-state index contributed by atoms with van der Waals surface area (Å²) >= 11 is 0. The molecule has 0 amide bonds. The summed E-state index contributed by atoms with van der Waals surface area (Å²) in [6, 6.07) is 61.1. The van der Waals surface area contributed by atoms with Crippen LogP contribution in [0.5, 0.6) is 0 Å². The van der Waals surface area contributed by atoms with Gasteiger partial charge in [0.2, 0.25) is 0 Å².